The van der Waals surface area contributed by atoms with E-state index in [2.05, 4.69) is 5.32 Å². The Bertz CT molecular complexity index is 388. The zero-order chi connectivity index (χ0) is 12.1. The van der Waals surface area contributed by atoms with Gasteiger partial charge in [0.15, 0.2) is 11.0 Å². The number of carboxylic acids is 1. The maximum Gasteiger partial charge on any atom is 0.305 e. The van der Waals surface area contributed by atoms with Crippen LogP contribution in [0.3, 0.4) is 0 Å². The van der Waals surface area contributed by atoms with Gasteiger partial charge in [-0.3, -0.25) is 9.59 Å². The number of aliphatic carboxylic acids is 1. The third kappa shape index (κ3) is 3.58. The molecule has 1 aromatic rings. The van der Waals surface area contributed by atoms with Gasteiger partial charge < -0.3 is 14.8 Å². The third-order valence-corrected chi connectivity index (χ3v) is 2.25. The summed E-state index contributed by atoms with van der Waals surface area (Å²) in [6.45, 7) is 1.79. The van der Waals surface area contributed by atoms with Gasteiger partial charge >= 0.3 is 5.97 Å². The zero-order valence-corrected chi connectivity index (χ0v) is 9.45. The van der Waals surface area contributed by atoms with Crippen molar-refractivity contribution in [3.05, 3.63) is 23.1 Å². The molecule has 1 aromatic heterocycles. The lowest BCUT2D eigenvalue weighted by Crippen LogP contribution is -2.35. The fraction of sp³-hybridized carbons (Fsp3) is 0.400. The summed E-state index contributed by atoms with van der Waals surface area (Å²) in [6.07, 6.45) is 0.420. The van der Waals surface area contributed by atoms with E-state index in [0.717, 1.165) is 0 Å². The zero-order valence-electron chi connectivity index (χ0n) is 8.70. The molecule has 0 bridgehead atoms. The van der Waals surface area contributed by atoms with Gasteiger partial charge in [0.25, 0.3) is 5.91 Å². The highest BCUT2D eigenvalue weighted by molar-refractivity contribution is 6.29. The van der Waals surface area contributed by atoms with E-state index in [9.17, 15) is 9.59 Å². The van der Waals surface area contributed by atoms with Crippen LogP contribution >= 0.6 is 11.6 Å². The van der Waals surface area contributed by atoms with Crippen molar-refractivity contribution >= 4 is 23.5 Å². The Morgan fingerprint density at radius 2 is 2.25 bits per heavy atom. The maximum atomic E-state index is 11.6. The average Bonchev–Trinajstić information content (AvgIpc) is 2.63. The predicted octanol–water partition coefficient (Wildman–Crippen LogP) is 1.92. The van der Waals surface area contributed by atoms with E-state index >= 15 is 0 Å². The van der Waals surface area contributed by atoms with Crippen LogP contribution in [0.15, 0.2) is 16.5 Å². The van der Waals surface area contributed by atoms with Crippen LogP contribution in [-0.4, -0.2) is 23.0 Å². The molecular weight excluding hydrogens is 234 g/mol. The summed E-state index contributed by atoms with van der Waals surface area (Å²) < 4.78 is 4.90. The van der Waals surface area contributed by atoms with E-state index in [0.29, 0.717) is 6.42 Å². The maximum absolute atomic E-state index is 11.6. The van der Waals surface area contributed by atoms with Gasteiger partial charge in [-0.05, 0) is 30.2 Å². The van der Waals surface area contributed by atoms with Crippen LogP contribution in [-0.2, 0) is 4.79 Å². The van der Waals surface area contributed by atoms with Crippen molar-refractivity contribution in [1.82, 2.24) is 5.32 Å². The Morgan fingerprint density at radius 1 is 1.56 bits per heavy atom. The Kier molecular flexibility index (Phi) is 4.37. The van der Waals surface area contributed by atoms with Crippen LogP contribution in [0.1, 0.15) is 30.3 Å². The van der Waals surface area contributed by atoms with Crippen LogP contribution in [0.25, 0.3) is 0 Å². The standard InChI is InChI=1S/C10H12ClNO4/c1-2-6(5-9(13)14)12-10(15)7-3-4-8(11)16-7/h3-4,6H,2,5H2,1H3,(H,12,15)(H,13,14). The highest BCUT2D eigenvalue weighted by atomic mass is 35.5. The number of carbonyl (C=O) groups excluding carboxylic acids is 1. The first-order chi connectivity index (χ1) is 7.52. The van der Waals surface area contributed by atoms with Crippen LogP contribution in [0.2, 0.25) is 5.22 Å². The highest BCUT2D eigenvalue weighted by Crippen LogP contribution is 2.13. The molecule has 16 heavy (non-hydrogen) atoms. The summed E-state index contributed by atoms with van der Waals surface area (Å²) in [4.78, 5) is 22.0. The number of rotatable bonds is 5. The van der Waals surface area contributed by atoms with Crippen LogP contribution < -0.4 is 5.32 Å². The Hall–Kier alpha value is -1.49. The molecule has 6 heteroatoms. The monoisotopic (exact) mass is 245 g/mol. The van der Waals surface area contributed by atoms with Crippen molar-refractivity contribution in [3.8, 4) is 0 Å². The fourth-order valence-corrected chi connectivity index (χ4v) is 1.35. The molecule has 0 aromatic carbocycles. The SMILES string of the molecule is CCC(CC(=O)O)NC(=O)c1ccc(Cl)o1. The lowest BCUT2D eigenvalue weighted by Gasteiger charge is -2.13. The number of halogens is 1. The number of hydrogen-bond acceptors (Lipinski definition) is 3. The molecular formula is C10H12ClNO4. The van der Waals surface area contributed by atoms with E-state index in [1.54, 1.807) is 6.92 Å². The van der Waals surface area contributed by atoms with E-state index in [-0.39, 0.29) is 17.4 Å². The molecule has 0 fully saturated rings. The number of amides is 1. The van der Waals surface area contributed by atoms with Gasteiger partial charge in [0.1, 0.15) is 0 Å². The molecule has 1 unspecified atom stereocenters. The normalized spacial score (nSPS) is 12.1. The van der Waals surface area contributed by atoms with Crippen molar-refractivity contribution in [1.29, 1.82) is 0 Å². The molecule has 88 valence electrons. The molecule has 0 saturated heterocycles. The molecule has 5 nitrogen and oxygen atoms in total. The predicted molar refractivity (Wildman–Crippen MR) is 57.5 cm³/mol. The minimum Gasteiger partial charge on any atom is -0.481 e. The molecule has 0 spiro atoms. The average molecular weight is 246 g/mol. The summed E-state index contributed by atoms with van der Waals surface area (Å²) >= 11 is 5.52. The first kappa shape index (κ1) is 12.6. The quantitative estimate of drug-likeness (QED) is 0.831. The van der Waals surface area contributed by atoms with E-state index in [1.807, 2.05) is 0 Å². The number of nitrogens with one attached hydrogen (secondary N) is 1. The summed E-state index contributed by atoms with van der Waals surface area (Å²) in [5.41, 5.74) is 0. The Morgan fingerprint density at radius 3 is 2.69 bits per heavy atom. The van der Waals surface area contributed by atoms with Gasteiger partial charge in [0.2, 0.25) is 0 Å². The molecule has 2 N–H and O–H groups in total. The lowest BCUT2D eigenvalue weighted by molar-refractivity contribution is -0.137. The van der Waals surface area contributed by atoms with E-state index in [4.69, 9.17) is 21.1 Å². The second kappa shape index (κ2) is 5.55. The minimum atomic E-state index is -0.954. The summed E-state index contributed by atoms with van der Waals surface area (Å²) in [7, 11) is 0. The number of carboxylic acid groups (broad SMARTS) is 1. The molecule has 0 aliphatic heterocycles. The molecule has 0 aliphatic rings. The molecule has 1 rings (SSSR count). The van der Waals surface area contributed by atoms with Gasteiger partial charge in [-0.1, -0.05) is 6.92 Å². The third-order valence-electron chi connectivity index (χ3n) is 2.05. The van der Waals surface area contributed by atoms with Crippen LogP contribution in [0.4, 0.5) is 0 Å². The first-order valence-corrected chi connectivity index (χ1v) is 5.18. The molecule has 0 saturated carbocycles. The topological polar surface area (TPSA) is 79.5 Å². The van der Waals surface area contributed by atoms with Crippen molar-refractivity contribution in [3.63, 3.8) is 0 Å². The van der Waals surface area contributed by atoms with Gasteiger partial charge in [-0.2, -0.15) is 0 Å². The lowest BCUT2D eigenvalue weighted by atomic mass is 10.1. The first-order valence-electron chi connectivity index (χ1n) is 4.81. The summed E-state index contributed by atoms with van der Waals surface area (Å²) in [6, 6.07) is 2.48. The number of carbonyl (C=O) groups is 2. The second-order valence-electron chi connectivity index (χ2n) is 3.28. The smallest absolute Gasteiger partial charge is 0.305 e. The van der Waals surface area contributed by atoms with Gasteiger partial charge in [0.05, 0.1) is 6.42 Å². The summed E-state index contributed by atoms with van der Waals surface area (Å²) in [5.74, 6) is -1.33. The van der Waals surface area contributed by atoms with Gasteiger partial charge in [-0.25, -0.2) is 0 Å². The van der Waals surface area contributed by atoms with Crippen molar-refractivity contribution < 1.29 is 19.1 Å². The number of hydrogen-bond donors (Lipinski definition) is 2. The molecule has 0 aliphatic carbocycles. The van der Waals surface area contributed by atoms with Gasteiger partial charge in [0, 0.05) is 6.04 Å². The fourth-order valence-electron chi connectivity index (χ4n) is 1.20. The molecule has 1 atom stereocenters. The van der Waals surface area contributed by atoms with E-state index < -0.39 is 17.9 Å². The minimum absolute atomic E-state index is 0.0776. The van der Waals surface area contributed by atoms with E-state index in [1.165, 1.54) is 12.1 Å². The Balaban J connectivity index is 2.58. The van der Waals surface area contributed by atoms with Crippen LogP contribution in [0, 0.1) is 0 Å². The van der Waals surface area contributed by atoms with Crippen molar-refractivity contribution in [2.24, 2.45) is 0 Å². The van der Waals surface area contributed by atoms with Crippen molar-refractivity contribution in [2.75, 3.05) is 0 Å². The Labute approximate surface area is 97.4 Å². The van der Waals surface area contributed by atoms with Gasteiger partial charge in [-0.15, -0.1) is 0 Å². The van der Waals surface area contributed by atoms with Crippen molar-refractivity contribution in [2.45, 2.75) is 25.8 Å². The largest absolute Gasteiger partial charge is 0.481 e. The highest BCUT2D eigenvalue weighted by Gasteiger charge is 2.17. The molecule has 1 heterocycles. The second-order valence-corrected chi connectivity index (χ2v) is 3.65. The molecule has 0 radical (unpaired) electrons. The molecule has 1 amide bonds. The van der Waals surface area contributed by atoms with Crippen LogP contribution in [0.5, 0.6) is 0 Å². The summed E-state index contributed by atoms with van der Waals surface area (Å²) in [5, 5.41) is 11.3. The number of furan rings is 1.